The van der Waals surface area contributed by atoms with Gasteiger partial charge in [-0.1, -0.05) is 0 Å². The van der Waals surface area contributed by atoms with E-state index in [0.717, 1.165) is 22.4 Å². The molecule has 2 N–H and O–H groups in total. The first-order chi connectivity index (χ1) is 17.0. The number of aromatic nitrogens is 1. The van der Waals surface area contributed by atoms with Gasteiger partial charge < -0.3 is 20.1 Å². The van der Waals surface area contributed by atoms with Crippen molar-refractivity contribution in [2.75, 3.05) is 36.2 Å². The number of halogens is 1. The minimum atomic E-state index is -0.393. The molecule has 0 radical (unpaired) electrons. The SMILES string of the molecule is COc1ccc2ccc(F)c(CNCCC[C@@H]3CN(c4ccc5c(c4)NC(=O)CS5)C(=O)O3)c2n1. The number of fused-ring (bicyclic) bond motifs is 2. The lowest BCUT2D eigenvalue weighted by Gasteiger charge is -2.20. The highest BCUT2D eigenvalue weighted by Crippen LogP contribution is 2.35. The number of hydrogen-bond acceptors (Lipinski definition) is 7. The van der Waals surface area contributed by atoms with Crippen LogP contribution < -0.4 is 20.3 Å². The lowest BCUT2D eigenvalue weighted by atomic mass is 10.1. The van der Waals surface area contributed by atoms with Crippen molar-refractivity contribution < 1.29 is 23.5 Å². The molecule has 2 aromatic carbocycles. The van der Waals surface area contributed by atoms with Crippen LogP contribution in [-0.2, 0) is 16.1 Å². The van der Waals surface area contributed by atoms with Crippen molar-refractivity contribution in [2.24, 2.45) is 0 Å². The van der Waals surface area contributed by atoms with Gasteiger partial charge in [-0.3, -0.25) is 9.69 Å². The molecule has 2 amide bonds. The summed E-state index contributed by atoms with van der Waals surface area (Å²) in [6.45, 7) is 1.41. The molecule has 2 aliphatic rings. The maximum Gasteiger partial charge on any atom is 0.414 e. The Morgan fingerprint density at radius 3 is 2.97 bits per heavy atom. The number of thioether (sulfide) groups is 1. The number of ether oxygens (including phenoxy) is 2. The Kier molecular flexibility index (Phi) is 6.74. The molecule has 0 unspecified atom stereocenters. The van der Waals surface area contributed by atoms with Gasteiger partial charge in [0.15, 0.2) is 0 Å². The van der Waals surface area contributed by atoms with Crippen molar-refractivity contribution >= 4 is 46.0 Å². The number of hydrogen-bond donors (Lipinski definition) is 2. The Hall–Kier alpha value is -3.37. The fraction of sp³-hybridized carbons (Fsp3) is 0.320. The second kappa shape index (κ2) is 10.1. The summed E-state index contributed by atoms with van der Waals surface area (Å²) in [5.74, 6) is 0.474. The van der Waals surface area contributed by atoms with E-state index in [2.05, 4.69) is 15.6 Å². The van der Waals surface area contributed by atoms with E-state index in [1.807, 2.05) is 24.3 Å². The van der Waals surface area contributed by atoms with Crippen molar-refractivity contribution in [1.29, 1.82) is 0 Å². The van der Waals surface area contributed by atoms with Gasteiger partial charge in [-0.15, -0.1) is 11.8 Å². The Bertz CT molecular complexity index is 1290. The van der Waals surface area contributed by atoms with Crippen molar-refractivity contribution in [2.45, 2.75) is 30.4 Å². The minimum absolute atomic E-state index is 0.0488. The Morgan fingerprint density at radius 2 is 2.11 bits per heavy atom. The number of nitrogens with one attached hydrogen (secondary N) is 2. The summed E-state index contributed by atoms with van der Waals surface area (Å²) in [6.07, 6.45) is 0.808. The monoisotopic (exact) mass is 496 g/mol. The Labute approximate surface area is 206 Å². The third kappa shape index (κ3) is 5.03. The second-order valence-electron chi connectivity index (χ2n) is 8.40. The van der Waals surface area contributed by atoms with E-state index in [-0.39, 0.29) is 17.8 Å². The van der Waals surface area contributed by atoms with Crippen LogP contribution in [0.15, 0.2) is 47.4 Å². The summed E-state index contributed by atoms with van der Waals surface area (Å²) in [7, 11) is 1.53. The summed E-state index contributed by atoms with van der Waals surface area (Å²) in [6, 6.07) is 12.4. The van der Waals surface area contributed by atoms with Crippen LogP contribution in [0.2, 0.25) is 0 Å². The number of carbonyl (C=O) groups excluding carboxylic acids is 2. The number of benzene rings is 2. The molecule has 5 rings (SSSR count). The molecule has 8 nitrogen and oxygen atoms in total. The third-order valence-electron chi connectivity index (χ3n) is 6.06. The molecule has 0 saturated carbocycles. The highest BCUT2D eigenvalue weighted by Gasteiger charge is 2.32. The molecule has 1 aromatic heterocycles. The zero-order valence-electron chi connectivity index (χ0n) is 19.2. The summed E-state index contributed by atoms with van der Waals surface area (Å²) in [5.41, 5.74) is 2.50. The fourth-order valence-electron chi connectivity index (χ4n) is 4.28. The minimum Gasteiger partial charge on any atom is -0.481 e. The smallest absolute Gasteiger partial charge is 0.414 e. The third-order valence-corrected chi connectivity index (χ3v) is 7.13. The number of rotatable bonds is 8. The van der Waals surface area contributed by atoms with E-state index in [1.165, 1.54) is 24.9 Å². The largest absolute Gasteiger partial charge is 0.481 e. The molecular formula is C25H25FN4O4S. The van der Waals surface area contributed by atoms with Crippen LogP contribution in [0.4, 0.5) is 20.6 Å². The van der Waals surface area contributed by atoms with Gasteiger partial charge in [-0.25, -0.2) is 14.2 Å². The number of nitrogens with zero attached hydrogens (tertiary/aromatic N) is 2. The van der Waals surface area contributed by atoms with Gasteiger partial charge in [-0.05, 0) is 55.8 Å². The summed E-state index contributed by atoms with van der Waals surface area (Å²) < 4.78 is 25.2. The van der Waals surface area contributed by atoms with Crippen LogP contribution >= 0.6 is 11.8 Å². The van der Waals surface area contributed by atoms with Crippen LogP contribution in [0.3, 0.4) is 0 Å². The molecule has 1 fully saturated rings. The molecule has 10 heteroatoms. The topological polar surface area (TPSA) is 92.8 Å². The average Bonchev–Trinajstić information content (AvgIpc) is 3.24. The predicted octanol–water partition coefficient (Wildman–Crippen LogP) is 4.32. The molecule has 2 aliphatic heterocycles. The van der Waals surface area contributed by atoms with Crippen molar-refractivity contribution in [3.8, 4) is 5.88 Å². The Morgan fingerprint density at radius 1 is 1.26 bits per heavy atom. The van der Waals surface area contributed by atoms with Gasteiger partial charge in [0, 0.05) is 34.1 Å². The standard InChI is InChI=1S/C25H25FN4O4S/c1-33-23-9-5-15-4-7-19(26)18(24(15)29-23)12-27-10-2-3-17-13-30(25(32)34-17)16-6-8-21-20(11-16)28-22(31)14-35-21/h4-9,11,17,27H,2-3,10,12-14H2,1H3,(H,28,31)/t17-/m1/s1. The van der Waals surface area contributed by atoms with E-state index < -0.39 is 6.09 Å². The van der Waals surface area contributed by atoms with Crippen LogP contribution in [0.5, 0.6) is 5.88 Å². The van der Waals surface area contributed by atoms with Crippen LogP contribution in [-0.4, -0.2) is 49.0 Å². The Balaban J connectivity index is 1.14. The molecule has 1 saturated heterocycles. The highest BCUT2D eigenvalue weighted by atomic mass is 32.2. The lowest BCUT2D eigenvalue weighted by molar-refractivity contribution is -0.113. The molecule has 1 atom stereocenters. The number of anilines is 2. The molecule has 35 heavy (non-hydrogen) atoms. The molecule has 3 aromatic rings. The van der Waals surface area contributed by atoms with Crippen molar-refractivity contribution in [1.82, 2.24) is 10.3 Å². The first-order valence-corrected chi connectivity index (χ1v) is 12.4. The van der Waals surface area contributed by atoms with E-state index in [9.17, 15) is 14.0 Å². The molecule has 0 spiro atoms. The lowest BCUT2D eigenvalue weighted by Crippen LogP contribution is -2.25. The first kappa shape index (κ1) is 23.4. The molecular weight excluding hydrogens is 471 g/mol. The predicted molar refractivity (Wildman–Crippen MR) is 133 cm³/mol. The fourth-order valence-corrected chi connectivity index (χ4v) is 5.06. The van der Waals surface area contributed by atoms with Crippen molar-refractivity contribution in [3.63, 3.8) is 0 Å². The van der Waals surface area contributed by atoms with Gasteiger partial charge in [0.1, 0.15) is 11.9 Å². The zero-order valence-corrected chi connectivity index (χ0v) is 20.0. The summed E-state index contributed by atoms with van der Waals surface area (Å²) in [5, 5.41) is 6.97. The second-order valence-corrected chi connectivity index (χ2v) is 9.42. The number of amides is 2. The van der Waals surface area contributed by atoms with Gasteiger partial charge >= 0.3 is 6.09 Å². The molecule has 182 valence electrons. The van der Waals surface area contributed by atoms with E-state index >= 15 is 0 Å². The number of cyclic esters (lactones) is 1. The normalized spacial score (nSPS) is 17.3. The first-order valence-electron chi connectivity index (χ1n) is 11.4. The summed E-state index contributed by atoms with van der Waals surface area (Å²) >= 11 is 1.48. The molecule has 0 aliphatic carbocycles. The van der Waals surface area contributed by atoms with Gasteiger partial charge in [0.05, 0.1) is 30.6 Å². The van der Waals surface area contributed by atoms with Gasteiger partial charge in [0.2, 0.25) is 11.8 Å². The maximum atomic E-state index is 14.5. The molecule has 0 bridgehead atoms. The average molecular weight is 497 g/mol. The van der Waals surface area contributed by atoms with Gasteiger partial charge in [-0.2, -0.15) is 0 Å². The number of carbonyl (C=O) groups is 2. The van der Waals surface area contributed by atoms with E-state index in [0.29, 0.717) is 54.5 Å². The zero-order chi connectivity index (χ0) is 24.4. The van der Waals surface area contributed by atoms with Crippen LogP contribution in [0, 0.1) is 5.82 Å². The van der Waals surface area contributed by atoms with Crippen molar-refractivity contribution in [3.05, 3.63) is 53.8 Å². The van der Waals surface area contributed by atoms with E-state index in [1.54, 1.807) is 17.0 Å². The summed E-state index contributed by atoms with van der Waals surface area (Å²) in [4.78, 5) is 31.1. The quantitative estimate of drug-likeness (QED) is 0.449. The van der Waals surface area contributed by atoms with Gasteiger partial charge in [0.25, 0.3) is 0 Å². The van der Waals surface area contributed by atoms with Crippen LogP contribution in [0.1, 0.15) is 18.4 Å². The highest BCUT2D eigenvalue weighted by molar-refractivity contribution is 8.00. The van der Waals surface area contributed by atoms with E-state index in [4.69, 9.17) is 9.47 Å². The maximum absolute atomic E-state index is 14.5. The number of pyridine rings is 1. The van der Waals surface area contributed by atoms with Crippen LogP contribution in [0.25, 0.3) is 10.9 Å². The molecule has 3 heterocycles. The number of methoxy groups -OCH3 is 1.